The van der Waals surface area contributed by atoms with Gasteiger partial charge in [-0.15, -0.1) is 0 Å². The molecule has 0 bridgehead atoms. The largest absolute Gasteiger partial charge is 0.302 e. The summed E-state index contributed by atoms with van der Waals surface area (Å²) in [6.07, 6.45) is 2.86. The number of hydrogen-bond donors (Lipinski definition) is 0. The Morgan fingerprint density at radius 3 is 2.14 bits per heavy atom. The predicted octanol–water partition coefficient (Wildman–Crippen LogP) is 1.81. The molecule has 0 aliphatic carbocycles. The van der Waals surface area contributed by atoms with Gasteiger partial charge in [0.15, 0.2) is 0 Å². The summed E-state index contributed by atoms with van der Waals surface area (Å²) >= 11 is 0. The zero-order chi connectivity index (χ0) is 10.2. The van der Waals surface area contributed by atoms with Gasteiger partial charge >= 0.3 is 0 Å². The molecule has 2 nitrogen and oxygen atoms in total. The summed E-state index contributed by atoms with van der Waals surface area (Å²) in [4.78, 5) is 5.20. The second kappa shape index (κ2) is 3.82. The van der Waals surface area contributed by atoms with Gasteiger partial charge in [0.2, 0.25) is 0 Å². The van der Waals surface area contributed by atoms with Crippen LogP contribution in [0.3, 0.4) is 0 Å². The highest BCUT2D eigenvalue weighted by Gasteiger charge is 2.43. The standard InChI is InChI=1S/C12H24N2/c1-4-13-9-12(10-13)5-7-14(8-6-12)11(2)3/h11H,4-10H2,1-3H3. The van der Waals surface area contributed by atoms with Crippen LogP contribution in [-0.2, 0) is 0 Å². The Kier molecular flexibility index (Phi) is 2.85. The highest BCUT2D eigenvalue weighted by molar-refractivity contribution is 4.98. The molecule has 0 radical (unpaired) electrons. The van der Waals surface area contributed by atoms with Crippen LogP contribution in [0.4, 0.5) is 0 Å². The molecular weight excluding hydrogens is 172 g/mol. The molecular formula is C12H24N2. The summed E-state index contributed by atoms with van der Waals surface area (Å²) in [5, 5.41) is 0. The Morgan fingerprint density at radius 1 is 1.14 bits per heavy atom. The van der Waals surface area contributed by atoms with Crippen LogP contribution in [0.1, 0.15) is 33.6 Å². The fourth-order valence-electron chi connectivity index (χ4n) is 2.96. The molecule has 0 N–H and O–H groups in total. The Hall–Kier alpha value is -0.0800. The number of nitrogens with zero attached hydrogens (tertiary/aromatic N) is 2. The highest BCUT2D eigenvalue weighted by Crippen LogP contribution is 2.40. The number of piperidine rings is 1. The number of hydrogen-bond acceptors (Lipinski definition) is 2. The molecule has 2 heterocycles. The van der Waals surface area contributed by atoms with Crippen LogP contribution in [0.5, 0.6) is 0 Å². The lowest BCUT2D eigenvalue weighted by atomic mass is 9.72. The normalized spacial score (nSPS) is 28.3. The van der Waals surface area contributed by atoms with E-state index in [4.69, 9.17) is 0 Å². The Morgan fingerprint density at radius 2 is 1.71 bits per heavy atom. The van der Waals surface area contributed by atoms with Gasteiger partial charge in [-0.1, -0.05) is 6.92 Å². The minimum Gasteiger partial charge on any atom is -0.302 e. The third-order valence-corrected chi connectivity index (χ3v) is 4.15. The summed E-state index contributed by atoms with van der Waals surface area (Å²) in [6, 6.07) is 0.745. The van der Waals surface area contributed by atoms with Gasteiger partial charge in [-0.2, -0.15) is 0 Å². The van der Waals surface area contributed by atoms with Crippen molar-refractivity contribution in [3.8, 4) is 0 Å². The first-order chi connectivity index (χ1) is 6.65. The molecule has 0 atom stereocenters. The van der Waals surface area contributed by atoms with Crippen molar-refractivity contribution in [2.45, 2.75) is 39.7 Å². The third kappa shape index (κ3) is 1.82. The molecule has 0 aromatic carbocycles. The maximum absolute atomic E-state index is 2.62. The van der Waals surface area contributed by atoms with E-state index in [0.717, 1.165) is 11.5 Å². The molecule has 0 unspecified atom stereocenters. The van der Waals surface area contributed by atoms with Crippen molar-refractivity contribution in [3.05, 3.63) is 0 Å². The summed E-state index contributed by atoms with van der Waals surface area (Å²) in [5.74, 6) is 0. The van der Waals surface area contributed by atoms with E-state index in [0.29, 0.717) is 0 Å². The molecule has 2 saturated heterocycles. The molecule has 2 heteroatoms. The molecule has 2 rings (SSSR count). The minimum absolute atomic E-state index is 0.724. The van der Waals surface area contributed by atoms with Crippen LogP contribution in [0.2, 0.25) is 0 Å². The van der Waals surface area contributed by atoms with Crippen LogP contribution in [0, 0.1) is 5.41 Å². The monoisotopic (exact) mass is 196 g/mol. The number of rotatable bonds is 2. The Bertz CT molecular complexity index is 184. The van der Waals surface area contributed by atoms with Crippen molar-refractivity contribution in [2.24, 2.45) is 5.41 Å². The van der Waals surface area contributed by atoms with Gasteiger partial charge in [0, 0.05) is 19.1 Å². The molecule has 0 saturated carbocycles. The Labute approximate surface area is 88.3 Å². The molecule has 2 fully saturated rings. The van der Waals surface area contributed by atoms with Gasteiger partial charge < -0.3 is 9.80 Å². The first kappa shape index (κ1) is 10.4. The van der Waals surface area contributed by atoms with Gasteiger partial charge in [0.05, 0.1) is 0 Å². The van der Waals surface area contributed by atoms with Crippen molar-refractivity contribution in [2.75, 3.05) is 32.7 Å². The summed E-state index contributed by atoms with van der Waals surface area (Å²) in [6.45, 7) is 13.6. The summed E-state index contributed by atoms with van der Waals surface area (Å²) in [7, 11) is 0. The van der Waals surface area contributed by atoms with Crippen LogP contribution in [-0.4, -0.2) is 48.6 Å². The van der Waals surface area contributed by atoms with Gasteiger partial charge in [0.1, 0.15) is 0 Å². The van der Waals surface area contributed by atoms with Crippen LogP contribution < -0.4 is 0 Å². The van der Waals surface area contributed by atoms with Gasteiger partial charge in [-0.25, -0.2) is 0 Å². The first-order valence-corrected chi connectivity index (χ1v) is 6.12. The third-order valence-electron chi connectivity index (χ3n) is 4.15. The fourth-order valence-corrected chi connectivity index (χ4v) is 2.96. The van der Waals surface area contributed by atoms with Gasteiger partial charge in [-0.3, -0.25) is 0 Å². The number of likely N-dealkylation sites (tertiary alicyclic amines) is 2. The minimum atomic E-state index is 0.724. The average Bonchev–Trinajstić information content (AvgIpc) is 2.14. The van der Waals surface area contributed by atoms with Crippen molar-refractivity contribution >= 4 is 0 Å². The molecule has 14 heavy (non-hydrogen) atoms. The zero-order valence-electron chi connectivity index (χ0n) is 9.92. The molecule has 1 spiro atoms. The quantitative estimate of drug-likeness (QED) is 0.664. The second-order valence-electron chi connectivity index (χ2n) is 5.43. The lowest BCUT2D eigenvalue weighted by Gasteiger charge is -2.54. The summed E-state index contributed by atoms with van der Waals surface area (Å²) in [5.41, 5.74) is 0.724. The molecule has 0 amide bonds. The molecule has 0 aromatic heterocycles. The summed E-state index contributed by atoms with van der Waals surface area (Å²) < 4.78 is 0. The van der Waals surface area contributed by atoms with Gasteiger partial charge in [0.25, 0.3) is 0 Å². The maximum atomic E-state index is 2.62. The maximum Gasteiger partial charge on any atom is 0.00513 e. The fraction of sp³-hybridized carbons (Fsp3) is 1.00. The van der Waals surface area contributed by atoms with E-state index in [1.165, 1.54) is 45.6 Å². The lowest BCUT2D eigenvalue weighted by Crippen LogP contribution is -2.60. The van der Waals surface area contributed by atoms with E-state index >= 15 is 0 Å². The van der Waals surface area contributed by atoms with Gasteiger partial charge in [-0.05, 0) is 51.7 Å². The topological polar surface area (TPSA) is 6.48 Å². The lowest BCUT2D eigenvalue weighted by molar-refractivity contribution is -0.0483. The highest BCUT2D eigenvalue weighted by atomic mass is 15.2. The van der Waals surface area contributed by atoms with E-state index in [1.807, 2.05) is 0 Å². The SMILES string of the molecule is CCN1CC2(CCN(C(C)C)CC2)C1. The molecule has 82 valence electrons. The average molecular weight is 196 g/mol. The van der Waals surface area contributed by atoms with E-state index in [9.17, 15) is 0 Å². The second-order valence-corrected chi connectivity index (χ2v) is 5.43. The van der Waals surface area contributed by atoms with E-state index in [1.54, 1.807) is 0 Å². The predicted molar refractivity (Wildman–Crippen MR) is 60.5 cm³/mol. The Balaban J connectivity index is 1.80. The molecule has 2 aliphatic rings. The smallest absolute Gasteiger partial charge is 0.00513 e. The van der Waals surface area contributed by atoms with Crippen molar-refractivity contribution < 1.29 is 0 Å². The first-order valence-electron chi connectivity index (χ1n) is 6.12. The van der Waals surface area contributed by atoms with Crippen LogP contribution >= 0.6 is 0 Å². The molecule has 0 aromatic rings. The van der Waals surface area contributed by atoms with E-state index in [-0.39, 0.29) is 0 Å². The molecule has 2 aliphatic heterocycles. The zero-order valence-corrected chi connectivity index (χ0v) is 9.92. The van der Waals surface area contributed by atoms with Crippen LogP contribution in [0.15, 0.2) is 0 Å². The van der Waals surface area contributed by atoms with E-state index < -0.39 is 0 Å². The van der Waals surface area contributed by atoms with E-state index in [2.05, 4.69) is 30.6 Å². The van der Waals surface area contributed by atoms with Crippen molar-refractivity contribution in [1.29, 1.82) is 0 Å². The van der Waals surface area contributed by atoms with Crippen LogP contribution in [0.25, 0.3) is 0 Å². The van der Waals surface area contributed by atoms with Crippen molar-refractivity contribution in [1.82, 2.24) is 9.80 Å². The van der Waals surface area contributed by atoms with Crippen molar-refractivity contribution in [3.63, 3.8) is 0 Å².